The summed E-state index contributed by atoms with van der Waals surface area (Å²) in [6.07, 6.45) is 4.90. The van der Waals surface area contributed by atoms with Crippen molar-refractivity contribution >= 4 is 11.8 Å². The van der Waals surface area contributed by atoms with Crippen molar-refractivity contribution < 1.29 is 9.59 Å². The van der Waals surface area contributed by atoms with Gasteiger partial charge in [-0.2, -0.15) is 0 Å². The number of hydrogen-bond donors (Lipinski definition) is 2. The Morgan fingerprint density at radius 3 is 2.71 bits per heavy atom. The van der Waals surface area contributed by atoms with Gasteiger partial charge >= 0.3 is 0 Å². The lowest BCUT2D eigenvalue weighted by Gasteiger charge is -2.26. The number of likely N-dealkylation sites (tertiary alicyclic amines) is 1. The Hall–Kier alpha value is -1.96. The largest absolute Gasteiger partial charge is 0.342 e. The molecule has 0 atom stereocenters. The third kappa shape index (κ3) is 3.21. The predicted molar refractivity (Wildman–Crippen MR) is 74.7 cm³/mol. The van der Waals surface area contributed by atoms with Crippen molar-refractivity contribution in [2.45, 2.75) is 25.3 Å². The SMILES string of the molecule is O=C(NCC(=O)N1CCCCC1)c1cn(C2CNC2)nn1. The standard InChI is InChI=1S/C13H20N6O2/c20-12(18-4-2-1-3-5-18)8-15-13(21)11-9-19(17-16-11)10-6-14-7-10/h9-10,14H,1-8H2,(H,15,21). The summed E-state index contributed by atoms with van der Waals surface area (Å²) in [5.41, 5.74) is 0.258. The molecule has 2 saturated heterocycles. The van der Waals surface area contributed by atoms with Gasteiger partial charge in [0.1, 0.15) is 0 Å². The molecule has 0 saturated carbocycles. The van der Waals surface area contributed by atoms with Crippen LogP contribution in [0.1, 0.15) is 35.8 Å². The van der Waals surface area contributed by atoms with E-state index >= 15 is 0 Å². The van der Waals surface area contributed by atoms with E-state index in [0.29, 0.717) is 0 Å². The molecule has 0 spiro atoms. The number of nitrogens with zero attached hydrogens (tertiary/aromatic N) is 4. The Balaban J connectivity index is 1.49. The second kappa shape index (κ2) is 6.21. The van der Waals surface area contributed by atoms with Crippen LogP contribution in [-0.2, 0) is 4.79 Å². The maximum Gasteiger partial charge on any atom is 0.273 e. The molecule has 0 aliphatic carbocycles. The molecule has 3 rings (SSSR count). The zero-order valence-electron chi connectivity index (χ0n) is 11.9. The summed E-state index contributed by atoms with van der Waals surface area (Å²) in [7, 11) is 0. The Kier molecular flexibility index (Phi) is 4.14. The van der Waals surface area contributed by atoms with Crippen molar-refractivity contribution in [2.75, 3.05) is 32.7 Å². The molecule has 2 fully saturated rings. The first-order valence-corrected chi connectivity index (χ1v) is 7.42. The summed E-state index contributed by atoms with van der Waals surface area (Å²) in [5.74, 6) is -0.377. The molecule has 21 heavy (non-hydrogen) atoms. The third-order valence-electron chi connectivity index (χ3n) is 3.99. The number of carbonyl (C=O) groups excluding carboxylic acids is 2. The molecule has 8 nitrogen and oxygen atoms in total. The highest BCUT2D eigenvalue weighted by Gasteiger charge is 2.22. The Morgan fingerprint density at radius 2 is 2.05 bits per heavy atom. The molecule has 3 heterocycles. The van der Waals surface area contributed by atoms with Crippen molar-refractivity contribution in [3.63, 3.8) is 0 Å². The molecule has 0 aromatic carbocycles. The zero-order chi connectivity index (χ0) is 14.7. The number of piperidine rings is 1. The monoisotopic (exact) mass is 292 g/mol. The van der Waals surface area contributed by atoms with E-state index < -0.39 is 0 Å². The average Bonchev–Trinajstić information content (AvgIpc) is 2.93. The number of aromatic nitrogens is 3. The first kappa shape index (κ1) is 14.0. The molecule has 1 aromatic rings. The van der Waals surface area contributed by atoms with Crippen LogP contribution in [0.5, 0.6) is 0 Å². The number of nitrogens with one attached hydrogen (secondary N) is 2. The van der Waals surface area contributed by atoms with E-state index in [1.165, 1.54) is 6.42 Å². The van der Waals surface area contributed by atoms with Gasteiger partial charge in [0.25, 0.3) is 5.91 Å². The molecular formula is C13H20N6O2. The fourth-order valence-electron chi connectivity index (χ4n) is 2.52. The third-order valence-corrected chi connectivity index (χ3v) is 3.99. The Bertz CT molecular complexity index is 518. The highest BCUT2D eigenvalue weighted by atomic mass is 16.2. The van der Waals surface area contributed by atoms with Crippen molar-refractivity contribution in [1.29, 1.82) is 0 Å². The van der Waals surface area contributed by atoms with Gasteiger partial charge in [0.2, 0.25) is 5.91 Å². The topological polar surface area (TPSA) is 92.2 Å². The normalized spacial score (nSPS) is 19.1. The van der Waals surface area contributed by atoms with Gasteiger partial charge in [-0.25, -0.2) is 4.68 Å². The van der Waals surface area contributed by atoms with Crippen molar-refractivity contribution in [1.82, 2.24) is 30.5 Å². The molecule has 2 N–H and O–H groups in total. The van der Waals surface area contributed by atoms with Crippen LogP contribution in [0.2, 0.25) is 0 Å². The van der Waals surface area contributed by atoms with E-state index in [4.69, 9.17) is 0 Å². The smallest absolute Gasteiger partial charge is 0.273 e. The molecule has 114 valence electrons. The summed E-state index contributed by atoms with van der Waals surface area (Å²) >= 11 is 0. The lowest BCUT2D eigenvalue weighted by atomic mass is 10.1. The zero-order valence-corrected chi connectivity index (χ0v) is 11.9. The number of rotatable bonds is 4. The highest BCUT2D eigenvalue weighted by Crippen LogP contribution is 2.10. The van der Waals surface area contributed by atoms with Gasteiger partial charge in [-0.05, 0) is 19.3 Å². The summed E-state index contributed by atoms with van der Waals surface area (Å²) < 4.78 is 1.69. The quantitative estimate of drug-likeness (QED) is 0.755. The summed E-state index contributed by atoms with van der Waals surface area (Å²) in [5, 5.41) is 13.6. The molecule has 2 aliphatic rings. The lowest BCUT2D eigenvalue weighted by molar-refractivity contribution is -0.130. The Labute approximate surface area is 122 Å². The molecule has 0 unspecified atom stereocenters. The van der Waals surface area contributed by atoms with E-state index in [-0.39, 0.29) is 30.1 Å². The second-order valence-electron chi connectivity index (χ2n) is 5.52. The highest BCUT2D eigenvalue weighted by molar-refractivity contribution is 5.94. The van der Waals surface area contributed by atoms with Crippen LogP contribution in [0.4, 0.5) is 0 Å². The number of hydrogen-bond acceptors (Lipinski definition) is 5. The molecular weight excluding hydrogens is 272 g/mol. The maximum atomic E-state index is 12.0. The maximum absolute atomic E-state index is 12.0. The second-order valence-corrected chi connectivity index (χ2v) is 5.52. The van der Waals surface area contributed by atoms with Gasteiger partial charge < -0.3 is 15.5 Å². The van der Waals surface area contributed by atoms with E-state index in [1.54, 1.807) is 15.8 Å². The van der Waals surface area contributed by atoms with Crippen LogP contribution in [-0.4, -0.2) is 64.4 Å². The molecule has 8 heteroatoms. The predicted octanol–water partition coefficient (Wildman–Crippen LogP) is -0.835. The van der Waals surface area contributed by atoms with E-state index in [2.05, 4.69) is 20.9 Å². The van der Waals surface area contributed by atoms with Gasteiger partial charge in [-0.1, -0.05) is 5.21 Å². The van der Waals surface area contributed by atoms with Gasteiger partial charge in [0.05, 0.1) is 18.8 Å². The van der Waals surface area contributed by atoms with Gasteiger partial charge in [0.15, 0.2) is 5.69 Å². The van der Waals surface area contributed by atoms with Crippen LogP contribution < -0.4 is 10.6 Å². The minimum atomic E-state index is -0.348. The van der Waals surface area contributed by atoms with Crippen LogP contribution >= 0.6 is 0 Å². The number of carbonyl (C=O) groups is 2. The van der Waals surface area contributed by atoms with Gasteiger partial charge in [0, 0.05) is 26.2 Å². The van der Waals surface area contributed by atoms with Crippen LogP contribution in [0.25, 0.3) is 0 Å². The first-order valence-electron chi connectivity index (χ1n) is 7.42. The molecule has 0 radical (unpaired) electrons. The van der Waals surface area contributed by atoms with Crippen molar-refractivity contribution in [2.24, 2.45) is 0 Å². The minimum Gasteiger partial charge on any atom is -0.342 e. The van der Waals surface area contributed by atoms with Gasteiger partial charge in [-0.15, -0.1) is 5.10 Å². The Morgan fingerprint density at radius 1 is 1.29 bits per heavy atom. The van der Waals surface area contributed by atoms with E-state index in [9.17, 15) is 9.59 Å². The first-order chi connectivity index (χ1) is 10.2. The molecule has 2 amide bonds. The van der Waals surface area contributed by atoms with Crippen LogP contribution in [0, 0.1) is 0 Å². The van der Waals surface area contributed by atoms with Crippen LogP contribution in [0.3, 0.4) is 0 Å². The number of amides is 2. The molecule has 2 aliphatic heterocycles. The molecule has 0 bridgehead atoms. The van der Waals surface area contributed by atoms with E-state index in [0.717, 1.165) is 39.0 Å². The van der Waals surface area contributed by atoms with Crippen LogP contribution in [0.15, 0.2) is 6.20 Å². The molecule has 1 aromatic heterocycles. The average molecular weight is 292 g/mol. The van der Waals surface area contributed by atoms with E-state index in [1.807, 2.05) is 0 Å². The minimum absolute atomic E-state index is 0.0245. The fourth-order valence-corrected chi connectivity index (χ4v) is 2.52. The summed E-state index contributed by atoms with van der Waals surface area (Å²) in [6, 6.07) is 0.272. The fraction of sp³-hybridized carbons (Fsp3) is 0.692. The van der Waals surface area contributed by atoms with Gasteiger partial charge in [-0.3, -0.25) is 9.59 Å². The van der Waals surface area contributed by atoms with Crippen molar-refractivity contribution in [3.8, 4) is 0 Å². The summed E-state index contributed by atoms with van der Waals surface area (Å²) in [6.45, 7) is 3.30. The lowest BCUT2D eigenvalue weighted by Crippen LogP contribution is -2.43. The van der Waals surface area contributed by atoms with Crippen molar-refractivity contribution in [3.05, 3.63) is 11.9 Å². The summed E-state index contributed by atoms with van der Waals surface area (Å²) in [4.78, 5) is 25.7.